The normalized spacial score (nSPS) is 16.8. The summed E-state index contributed by atoms with van der Waals surface area (Å²) in [4.78, 5) is 11.9. The summed E-state index contributed by atoms with van der Waals surface area (Å²) in [6.07, 6.45) is 0. The molecule has 0 spiro atoms. The van der Waals surface area contributed by atoms with Crippen LogP contribution in [0.4, 0.5) is 0 Å². The van der Waals surface area contributed by atoms with E-state index in [1.807, 2.05) is 12.1 Å². The number of nitrogens with two attached hydrogens (primary N) is 1. The molecule has 0 saturated carbocycles. The van der Waals surface area contributed by atoms with Crippen molar-refractivity contribution in [1.29, 1.82) is 0 Å². The van der Waals surface area contributed by atoms with Crippen molar-refractivity contribution in [3.05, 3.63) is 35.4 Å². The van der Waals surface area contributed by atoms with Gasteiger partial charge in [-0.15, -0.1) is 0 Å². The standard InChI is InChI=1S/C16H25N3O4S/c1-16(2,17)15(20)18-11-13-5-3-4-6-14(13)12-24(21,22)19-7-9-23-10-8-19/h3-6H,7-12,17H2,1-2H3,(H,18,20). The highest BCUT2D eigenvalue weighted by molar-refractivity contribution is 7.88. The smallest absolute Gasteiger partial charge is 0.239 e. The highest BCUT2D eigenvalue weighted by Gasteiger charge is 2.26. The number of nitrogens with one attached hydrogen (secondary N) is 1. The van der Waals surface area contributed by atoms with Gasteiger partial charge in [0.1, 0.15) is 0 Å². The molecule has 1 amide bonds. The van der Waals surface area contributed by atoms with Crippen molar-refractivity contribution in [2.45, 2.75) is 31.7 Å². The number of morpholine rings is 1. The molecule has 0 atom stereocenters. The second-order valence-corrected chi connectivity index (χ2v) is 8.41. The van der Waals surface area contributed by atoms with E-state index in [1.165, 1.54) is 4.31 Å². The van der Waals surface area contributed by atoms with Crippen molar-refractivity contribution in [2.24, 2.45) is 5.73 Å². The van der Waals surface area contributed by atoms with Gasteiger partial charge in [0, 0.05) is 19.6 Å². The van der Waals surface area contributed by atoms with Crippen LogP contribution in [0.3, 0.4) is 0 Å². The fraction of sp³-hybridized carbons (Fsp3) is 0.562. The van der Waals surface area contributed by atoms with Crippen LogP contribution in [0.15, 0.2) is 24.3 Å². The number of sulfonamides is 1. The Morgan fingerprint density at radius 1 is 1.25 bits per heavy atom. The Morgan fingerprint density at radius 2 is 1.83 bits per heavy atom. The lowest BCUT2D eigenvalue weighted by molar-refractivity contribution is -0.125. The second-order valence-electron chi connectivity index (χ2n) is 6.44. The Kier molecular flexibility index (Phi) is 5.97. The average Bonchev–Trinajstić information content (AvgIpc) is 2.53. The van der Waals surface area contributed by atoms with E-state index < -0.39 is 15.6 Å². The van der Waals surface area contributed by atoms with Gasteiger partial charge in [0.2, 0.25) is 15.9 Å². The summed E-state index contributed by atoms with van der Waals surface area (Å²) in [6, 6.07) is 7.20. The summed E-state index contributed by atoms with van der Waals surface area (Å²) in [5.74, 6) is -0.376. The van der Waals surface area contributed by atoms with Gasteiger partial charge in [0.05, 0.1) is 24.5 Å². The Labute approximate surface area is 143 Å². The van der Waals surface area contributed by atoms with Crippen LogP contribution in [0, 0.1) is 0 Å². The minimum atomic E-state index is -3.41. The van der Waals surface area contributed by atoms with Gasteiger partial charge < -0.3 is 15.8 Å². The summed E-state index contributed by atoms with van der Waals surface area (Å²) in [6.45, 7) is 5.08. The maximum Gasteiger partial charge on any atom is 0.239 e. The average molecular weight is 355 g/mol. The number of ether oxygens (including phenoxy) is 1. The molecular formula is C16H25N3O4S. The zero-order chi connectivity index (χ0) is 17.8. The molecule has 24 heavy (non-hydrogen) atoms. The molecule has 0 aliphatic carbocycles. The van der Waals surface area contributed by atoms with Crippen molar-refractivity contribution in [2.75, 3.05) is 26.3 Å². The number of nitrogens with zero attached hydrogens (tertiary/aromatic N) is 1. The van der Waals surface area contributed by atoms with Crippen molar-refractivity contribution in [1.82, 2.24) is 9.62 Å². The molecule has 0 bridgehead atoms. The lowest BCUT2D eigenvalue weighted by atomic mass is 10.1. The van der Waals surface area contributed by atoms with E-state index in [0.717, 1.165) is 5.56 Å². The molecule has 0 radical (unpaired) electrons. The first-order valence-electron chi connectivity index (χ1n) is 7.90. The molecule has 3 N–H and O–H groups in total. The van der Waals surface area contributed by atoms with E-state index in [0.29, 0.717) is 31.9 Å². The van der Waals surface area contributed by atoms with E-state index in [4.69, 9.17) is 10.5 Å². The number of rotatable bonds is 6. The molecule has 1 aliphatic rings. The number of carbonyl (C=O) groups is 1. The molecule has 1 heterocycles. The van der Waals surface area contributed by atoms with E-state index in [2.05, 4.69) is 5.32 Å². The van der Waals surface area contributed by atoms with E-state index in [9.17, 15) is 13.2 Å². The molecule has 8 heteroatoms. The molecule has 134 valence electrons. The highest BCUT2D eigenvalue weighted by Crippen LogP contribution is 2.16. The van der Waals surface area contributed by atoms with Crippen LogP contribution in [-0.2, 0) is 31.9 Å². The summed E-state index contributed by atoms with van der Waals surface area (Å²) in [5, 5.41) is 2.75. The van der Waals surface area contributed by atoms with Crippen LogP contribution in [0.5, 0.6) is 0 Å². The molecule has 0 aromatic heterocycles. The van der Waals surface area contributed by atoms with Gasteiger partial charge in [-0.05, 0) is 25.0 Å². The van der Waals surface area contributed by atoms with Crippen molar-refractivity contribution in [3.8, 4) is 0 Å². The zero-order valence-corrected chi connectivity index (χ0v) is 14.9. The third-order valence-electron chi connectivity index (χ3n) is 3.84. The second kappa shape index (κ2) is 7.60. The first kappa shape index (κ1) is 18.9. The van der Waals surface area contributed by atoms with Gasteiger partial charge in [-0.25, -0.2) is 8.42 Å². The lowest BCUT2D eigenvalue weighted by Crippen LogP contribution is -2.48. The van der Waals surface area contributed by atoms with Crippen molar-refractivity contribution >= 4 is 15.9 Å². The van der Waals surface area contributed by atoms with Crippen LogP contribution in [0.2, 0.25) is 0 Å². The Bertz CT molecular complexity index is 677. The van der Waals surface area contributed by atoms with E-state index >= 15 is 0 Å². The Hall–Kier alpha value is -1.48. The number of carbonyl (C=O) groups excluding carboxylic acids is 1. The summed E-state index contributed by atoms with van der Waals surface area (Å²) >= 11 is 0. The predicted octanol–water partition coefficient (Wildman–Crippen LogP) is 0.202. The molecular weight excluding hydrogens is 330 g/mol. The van der Waals surface area contributed by atoms with Gasteiger partial charge in [-0.2, -0.15) is 4.31 Å². The van der Waals surface area contributed by atoms with E-state index in [1.54, 1.807) is 26.0 Å². The van der Waals surface area contributed by atoms with Crippen LogP contribution in [0.1, 0.15) is 25.0 Å². The van der Waals surface area contributed by atoms with Gasteiger partial charge in [-0.3, -0.25) is 4.79 Å². The molecule has 1 aromatic carbocycles. The fourth-order valence-electron chi connectivity index (χ4n) is 2.39. The lowest BCUT2D eigenvalue weighted by Gasteiger charge is -2.26. The van der Waals surface area contributed by atoms with Gasteiger partial charge in [-0.1, -0.05) is 24.3 Å². The number of benzene rings is 1. The molecule has 2 rings (SSSR count). The predicted molar refractivity (Wildman–Crippen MR) is 91.6 cm³/mol. The highest BCUT2D eigenvalue weighted by atomic mass is 32.2. The number of hydrogen-bond donors (Lipinski definition) is 2. The summed E-state index contributed by atoms with van der Waals surface area (Å²) < 4.78 is 31.8. The Morgan fingerprint density at radius 3 is 2.42 bits per heavy atom. The fourth-order valence-corrected chi connectivity index (χ4v) is 3.95. The first-order chi connectivity index (χ1) is 11.2. The minimum absolute atomic E-state index is 0.0922. The van der Waals surface area contributed by atoms with Gasteiger partial charge in [0.25, 0.3) is 0 Å². The molecule has 1 fully saturated rings. The van der Waals surface area contributed by atoms with Crippen molar-refractivity contribution < 1.29 is 17.9 Å². The molecule has 7 nitrogen and oxygen atoms in total. The molecule has 0 unspecified atom stereocenters. The minimum Gasteiger partial charge on any atom is -0.379 e. The maximum atomic E-state index is 12.6. The molecule has 1 saturated heterocycles. The Balaban J connectivity index is 2.09. The third kappa shape index (κ3) is 5.01. The number of hydrogen-bond acceptors (Lipinski definition) is 5. The summed E-state index contributed by atoms with van der Waals surface area (Å²) in [7, 11) is -3.41. The SMILES string of the molecule is CC(C)(N)C(=O)NCc1ccccc1CS(=O)(=O)N1CCOCC1. The van der Waals surface area contributed by atoms with Crippen LogP contribution in [-0.4, -0.2) is 50.5 Å². The van der Waals surface area contributed by atoms with Crippen LogP contribution >= 0.6 is 0 Å². The zero-order valence-electron chi connectivity index (χ0n) is 14.1. The quantitative estimate of drug-likeness (QED) is 0.759. The van der Waals surface area contributed by atoms with E-state index in [-0.39, 0.29) is 18.2 Å². The first-order valence-corrected chi connectivity index (χ1v) is 9.50. The van der Waals surface area contributed by atoms with Gasteiger partial charge >= 0.3 is 0 Å². The van der Waals surface area contributed by atoms with Crippen LogP contribution < -0.4 is 11.1 Å². The molecule has 1 aliphatic heterocycles. The topological polar surface area (TPSA) is 102 Å². The molecule has 1 aromatic rings. The maximum absolute atomic E-state index is 12.6. The largest absolute Gasteiger partial charge is 0.379 e. The summed E-state index contributed by atoms with van der Waals surface area (Å²) in [5.41, 5.74) is 6.23. The van der Waals surface area contributed by atoms with Crippen LogP contribution in [0.25, 0.3) is 0 Å². The van der Waals surface area contributed by atoms with Gasteiger partial charge in [0.15, 0.2) is 0 Å². The third-order valence-corrected chi connectivity index (χ3v) is 5.67. The van der Waals surface area contributed by atoms with Crippen molar-refractivity contribution in [3.63, 3.8) is 0 Å². The number of amides is 1. The monoisotopic (exact) mass is 355 g/mol.